The minimum atomic E-state index is -0.543. The van der Waals surface area contributed by atoms with Gasteiger partial charge in [0.25, 0.3) is 5.91 Å². The van der Waals surface area contributed by atoms with Gasteiger partial charge in [-0.2, -0.15) is 4.37 Å². The number of amides is 2. The van der Waals surface area contributed by atoms with E-state index in [9.17, 15) is 9.59 Å². The highest BCUT2D eigenvalue weighted by molar-refractivity contribution is 7.13. The van der Waals surface area contributed by atoms with Crippen LogP contribution in [0.25, 0.3) is 10.1 Å². The minimum Gasteiger partial charge on any atom is -0.364 e. The van der Waals surface area contributed by atoms with Crippen molar-refractivity contribution in [2.75, 3.05) is 5.32 Å². The van der Waals surface area contributed by atoms with Crippen LogP contribution >= 0.6 is 11.5 Å². The fourth-order valence-corrected chi connectivity index (χ4v) is 2.22. The summed E-state index contributed by atoms with van der Waals surface area (Å²) in [5.41, 5.74) is 6.13. The van der Waals surface area contributed by atoms with Gasteiger partial charge in [0.2, 0.25) is 5.91 Å². The lowest BCUT2D eigenvalue weighted by Crippen LogP contribution is -2.11. The molecule has 1 aromatic heterocycles. The number of aromatic nitrogens is 1. The molecule has 0 fully saturated rings. The van der Waals surface area contributed by atoms with Crippen molar-refractivity contribution in [3.8, 4) is 0 Å². The second-order valence-corrected chi connectivity index (χ2v) is 4.09. The summed E-state index contributed by atoms with van der Waals surface area (Å²) in [6.07, 6.45) is 0. The first-order valence-electron chi connectivity index (χ1n) is 4.55. The van der Waals surface area contributed by atoms with Crippen LogP contribution < -0.4 is 11.1 Å². The van der Waals surface area contributed by atoms with Crippen LogP contribution in [0.4, 0.5) is 5.69 Å². The fraction of sp³-hybridized carbons (Fsp3) is 0.100. The molecule has 0 atom stereocenters. The van der Waals surface area contributed by atoms with Crippen molar-refractivity contribution in [2.24, 2.45) is 5.73 Å². The quantitative estimate of drug-likeness (QED) is 0.824. The van der Waals surface area contributed by atoms with Gasteiger partial charge < -0.3 is 11.1 Å². The summed E-state index contributed by atoms with van der Waals surface area (Å²) >= 11 is 1.18. The first-order valence-corrected chi connectivity index (χ1v) is 5.32. The van der Waals surface area contributed by atoms with Gasteiger partial charge >= 0.3 is 0 Å². The zero-order valence-corrected chi connectivity index (χ0v) is 9.30. The number of carbonyl (C=O) groups is 2. The van der Waals surface area contributed by atoms with E-state index in [1.54, 1.807) is 18.2 Å². The third-order valence-corrected chi connectivity index (χ3v) is 2.83. The Kier molecular flexibility index (Phi) is 2.57. The molecule has 82 valence electrons. The Morgan fingerprint density at radius 2 is 2.19 bits per heavy atom. The Morgan fingerprint density at radius 1 is 1.44 bits per heavy atom. The van der Waals surface area contributed by atoms with Crippen LogP contribution in [-0.4, -0.2) is 16.2 Å². The van der Waals surface area contributed by atoms with E-state index in [1.165, 1.54) is 18.5 Å². The normalized spacial score (nSPS) is 10.3. The van der Waals surface area contributed by atoms with Crippen LogP contribution in [0, 0.1) is 0 Å². The molecule has 5 nitrogen and oxygen atoms in total. The van der Waals surface area contributed by atoms with E-state index in [0.717, 1.165) is 4.70 Å². The number of nitrogens with one attached hydrogen (secondary N) is 1. The van der Waals surface area contributed by atoms with E-state index in [4.69, 9.17) is 5.73 Å². The molecular weight excluding hydrogens is 226 g/mol. The molecule has 0 saturated heterocycles. The maximum atomic E-state index is 11.0. The summed E-state index contributed by atoms with van der Waals surface area (Å²) in [5, 5.41) is 3.37. The average molecular weight is 235 g/mol. The zero-order valence-electron chi connectivity index (χ0n) is 8.48. The summed E-state index contributed by atoms with van der Waals surface area (Å²) in [6.45, 7) is 1.44. The Labute approximate surface area is 95.4 Å². The molecule has 3 N–H and O–H groups in total. The number of anilines is 1. The molecule has 0 bridgehead atoms. The summed E-state index contributed by atoms with van der Waals surface area (Å²) in [7, 11) is 0. The molecule has 0 aliphatic carbocycles. The molecular formula is C10H9N3O2S. The lowest BCUT2D eigenvalue weighted by Gasteiger charge is -2.00. The van der Waals surface area contributed by atoms with Gasteiger partial charge in [-0.15, -0.1) is 0 Å². The monoisotopic (exact) mass is 235 g/mol. The second-order valence-electron chi connectivity index (χ2n) is 3.29. The largest absolute Gasteiger partial charge is 0.364 e. The first-order chi connectivity index (χ1) is 7.58. The molecule has 1 aromatic carbocycles. The van der Waals surface area contributed by atoms with E-state index >= 15 is 0 Å². The highest BCUT2D eigenvalue weighted by Gasteiger charge is 2.11. The first kappa shape index (κ1) is 10.6. The molecule has 0 spiro atoms. The van der Waals surface area contributed by atoms with Crippen LogP contribution in [0.3, 0.4) is 0 Å². The standard InChI is InChI=1S/C10H9N3O2S/c1-5(14)12-6-2-3-7-8(4-6)16-13-9(7)10(11)15/h2-4H,1H3,(H2,11,15)(H,12,14). The number of hydrogen-bond donors (Lipinski definition) is 2. The predicted octanol–water partition coefficient (Wildman–Crippen LogP) is 1.35. The van der Waals surface area contributed by atoms with Gasteiger partial charge in [0.05, 0.1) is 4.70 Å². The molecule has 0 aliphatic heterocycles. The molecule has 1 heterocycles. The predicted molar refractivity (Wildman–Crippen MR) is 62.4 cm³/mol. The number of primary amides is 1. The second kappa shape index (κ2) is 3.90. The Hall–Kier alpha value is -1.95. The molecule has 2 rings (SSSR count). The third-order valence-electron chi connectivity index (χ3n) is 2.03. The summed E-state index contributed by atoms with van der Waals surface area (Å²) in [4.78, 5) is 21.9. The average Bonchev–Trinajstić information content (AvgIpc) is 2.59. The van der Waals surface area contributed by atoms with E-state index < -0.39 is 5.91 Å². The molecule has 0 aliphatic rings. The van der Waals surface area contributed by atoms with E-state index in [0.29, 0.717) is 11.1 Å². The van der Waals surface area contributed by atoms with Crippen molar-refractivity contribution >= 4 is 39.1 Å². The van der Waals surface area contributed by atoms with Gasteiger partial charge in [0.15, 0.2) is 0 Å². The summed E-state index contributed by atoms with van der Waals surface area (Å²) < 4.78 is 4.79. The summed E-state index contributed by atoms with van der Waals surface area (Å²) in [5.74, 6) is -0.683. The third kappa shape index (κ3) is 1.87. The number of nitrogens with zero attached hydrogens (tertiary/aromatic N) is 1. The van der Waals surface area contributed by atoms with Gasteiger partial charge in [-0.1, -0.05) is 0 Å². The Balaban J connectivity index is 2.49. The zero-order chi connectivity index (χ0) is 11.7. The fourth-order valence-electron chi connectivity index (χ4n) is 1.40. The number of rotatable bonds is 2. The van der Waals surface area contributed by atoms with E-state index in [1.807, 2.05) is 0 Å². The topological polar surface area (TPSA) is 85.1 Å². The SMILES string of the molecule is CC(=O)Nc1ccc2c(C(N)=O)nsc2c1. The Bertz CT molecular complexity index is 576. The molecule has 0 radical (unpaired) electrons. The van der Waals surface area contributed by atoms with Crippen molar-refractivity contribution in [1.82, 2.24) is 4.37 Å². The van der Waals surface area contributed by atoms with Crippen molar-refractivity contribution < 1.29 is 9.59 Å². The minimum absolute atomic E-state index is 0.140. The number of hydrogen-bond acceptors (Lipinski definition) is 4. The van der Waals surface area contributed by atoms with Crippen molar-refractivity contribution in [2.45, 2.75) is 6.92 Å². The van der Waals surface area contributed by atoms with Gasteiger partial charge in [-0.25, -0.2) is 0 Å². The number of nitrogens with two attached hydrogens (primary N) is 1. The molecule has 2 aromatic rings. The van der Waals surface area contributed by atoms with Gasteiger partial charge in [0.1, 0.15) is 5.69 Å². The highest BCUT2D eigenvalue weighted by atomic mass is 32.1. The van der Waals surface area contributed by atoms with E-state index in [-0.39, 0.29) is 11.6 Å². The van der Waals surface area contributed by atoms with Gasteiger partial charge in [0, 0.05) is 18.0 Å². The van der Waals surface area contributed by atoms with Gasteiger partial charge in [-0.05, 0) is 29.7 Å². The summed E-state index contributed by atoms with van der Waals surface area (Å²) in [6, 6.07) is 5.20. The molecule has 0 unspecified atom stereocenters. The maximum absolute atomic E-state index is 11.0. The Morgan fingerprint density at radius 3 is 2.81 bits per heavy atom. The van der Waals surface area contributed by atoms with Crippen LogP contribution in [0.5, 0.6) is 0 Å². The van der Waals surface area contributed by atoms with Crippen molar-refractivity contribution in [1.29, 1.82) is 0 Å². The van der Waals surface area contributed by atoms with E-state index in [2.05, 4.69) is 9.69 Å². The highest BCUT2D eigenvalue weighted by Crippen LogP contribution is 2.25. The number of carbonyl (C=O) groups excluding carboxylic acids is 2. The lowest BCUT2D eigenvalue weighted by molar-refractivity contribution is -0.114. The van der Waals surface area contributed by atoms with Crippen LogP contribution in [0.2, 0.25) is 0 Å². The molecule has 16 heavy (non-hydrogen) atoms. The lowest BCUT2D eigenvalue weighted by atomic mass is 10.2. The van der Waals surface area contributed by atoms with Crippen molar-refractivity contribution in [3.63, 3.8) is 0 Å². The van der Waals surface area contributed by atoms with Crippen molar-refractivity contribution in [3.05, 3.63) is 23.9 Å². The smallest absolute Gasteiger partial charge is 0.269 e. The van der Waals surface area contributed by atoms with Crippen LogP contribution in [0.1, 0.15) is 17.4 Å². The maximum Gasteiger partial charge on any atom is 0.269 e. The molecule has 2 amide bonds. The van der Waals surface area contributed by atoms with Crippen LogP contribution in [0.15, 0.2) is 18.2 Å². The molecule has 0 saturated carbocycles. The number of fused-ring (bicyclic) bond motifs is 1. The van der Waals surface area contributed by atoms with Gasteiger partial charge in [-0.3, -0.25) is 9.59 Å². The van der Waals surface area contributed by atoms with Crippen LogP contribution in [-0.2, 0) is 4.79 Å². The molecule has 6 heteroatoms. The number of benzene rings is 1.